The summed E-state index contributed by atoms with van der Waals surface area (Å²) in [5.74, 6) is -1.55. The minimum atomic E-state index is -3.21. The van der Waals surface area contributed by atoms with Crippen LogP contribution in [0.4, 0.5) is 4.39 Å². The number of halogens is 1. The highest BCUT2D eigenvalue weighted by Crippen LogP contribution is 2.17. The third-order valence-electron chi connectivity index (χ3n) is 4.10. The van der Waals surface area contributed by atoms with Crippen LogP contribution >= 0.6 is 0 Å². The zero-order chi connectivity index (χ0) is 17.7. The van der Waals surface area contributed by atoms with Crippen LogP contribution in [0.1, 0.15) is 42.1 Å². The summed E-state index contributed by atoms with van der Waals surface area (Å²) in [5.41, 5.74) is 0.380. The van der Waals surface area contributed by atoms with Crippen LogP contribution < -0.4 is 4.72 Å². The fraction of sp³-hybridized carbons (Fsp3) is 0.562. The molecule has 0 bridgehead atoms. The van der Waals surface area contributed by atoms with Crippen LogP contribution in [0.3, 0.4) is 0 Å². The number of carbonyl (C=O) groups is 1. The van der Waals surface area contributed by atoms with Crippen molar-refractivity contribution in [2.45, 2.75) is 38.8 Å². The Morgan fingerprint density at radius 3 is 2.58 bits per heavy atom. The summed E-state index contributed by atoms with van der Waals surface area (Å²) in [6.07, 6.45) is 1.94. The first-order valence-corrected chi connectivity index (χ1v) is 9.70. The maximum Gasteiger partial charge on any atom is 0.335 e. The molecule has 0 saturated carbocycles. The zero-order valence-corrected chi connectivity index (χ0v) is 14.5. The van der Waals surface area contributed by atoms with Crippen molar-refractivity contribution in [2.75, 3.05) is 18.8 Å². The van der Waals surface area contributed by atoms with Crippen molar-refractivity contribution in [1.82, 2.24) is 9.62 Å². The van der Waals surface area contributed by atoms with Crippen LogP contribution in [0, 0.1) is 5.82 Å². The second kappa shape index (κ2) is 8.04. The van der Waals surface area contributed by atoms with E-state index in [1.165, 1.54) is 12.1 Å². The van der Waals surface area contributed by atoms with Gasteiger partial charge in [0.1, 0.15) is 5.82 Å². The van der Waals surface area contributed by atoms with Gasteiger partial charge in [-0.1, -0.05) is 13.0 Å². The smallest absolute Gasteiger partial charge is 0.335 e. The van der Waals surface area contributed by atoms with E-state index in [4.69, 9.17) is 5.11 Å². The fourth-order valence-corrected chi connectivity index (χ4v) is 4.24. The molecule has 0 atom stereocenters. The molecule has 6 nitrogen and oxygen atoms in total. The molecule has 1 aromatic carbocycles. The highest BCUT2D eigenvalue weighted by molar-refractivity contribution is 7.89. The Morgan fingerprint density at radius 1 is 1.38 bits per heavy atom. The van der Waals surface area contributed by atoms with Crippen molar-refractivity contribution >= 4 is 16.0 Å². The number of nitrogens with one attached hydrogen (secondary N) is 1. The van der Waals surface area contributed by atoms with Gasteiger partial charge in [-0.15, -0.1) is 0 Å². The van der Waals surface area contributed by atoms with Gasteiger partial charge >= 0.3 is 5.97 Å². The van der Waals surface area contributed by atoms with E-state index in [-0.39, 0.29) is 17.4 Å². The number of nitrogens with zero attached hydrogens (tertiary/aromatic N) is 1. The Balaban J connectivity index is 1.88. The molecule has 0 unspecified atom stereocenters. The molecular formula is C16H23FN2O4S. The lowest BCUT2D eigenvalue weighted by atomic mass is 10.0. The number of benzene rings is 1. The zero-order valence-electron chi connectivity index (χ0n) is 13.7. The summed E-state index contributed by atoms with van der Waals surface area (Å²) >= 11 is 0. The molecule has 0 amide bonds. The van der Waals surface area contributed by atoms with Gasteiger partial charge in [-0.3, -0.25) is 4.90 Å². The Hall–Kier alpha value is -1.51. The lowest BCUT2D eigenvalue weighted by Gasteiger charge is -2.32. The lowest BCUT2D eigenvalue weighted by Crippen LogP contribution is -2.44. The maximum absolute atomic E-state index is 14.0. The molecule has 1 aliphatic rings. The number of carboxylic acid groups (broad SMARTS) is 1. The van der Waals surface area contributed by atoms with Gasteiger partial charge in [-0.25, -0.2) is 22.3 Å². The van der Waals surface area contributed by atoms with Gasteiger partial charge in [0.05, 0.1) is 11.3 Å². The number of hydrogen-bond donors (Lipinski definition) is 2. The molecule has 1 fully saturated rings. The number of likely N-dealkylation sites (tertiary alicyclic amines) is 1. The Kier molecular flexibility index (Phi) is 6.31. The maximum atomic E-state index is 14.0. The third-order valence-corrected chi connectivity index (χ3v) is 5.74. The largest absolute Gasteiger partial charge is 0.478 e. The molecule has 1 aromatic rings. The number of piperidine rings is 1. The quantitative estimate of drug-likeness (QED) is 0.776. The van der Waals surface area contributed by atoms with Gasteiger partial charge in [0.2, 0.25) is 10.0 Å². The first-order chi connectivity index (χ1) is 11.3. The van der Waals surface area contributed by atoms with E-state index in [9.17, 15) is 17.6 Å². The summed E-state index contributed by atoms with van der Waals surface area (Å²) in [6, 6.07) is 3.85. The Bertz CT molecular complexity index is 685. The summed E-state index contributed by atoms with van der Waals surface area (Å²) in [6.45, 7) is 3.55. The molecule has 2 rings (SSSR count). The molecule has 0 radical (unpaired) electrons. The van der Waals surface area contributed by atoms with Crippen molar-refractivity contribution in [3.05, 3.63) is 35.1 Å². The second-order valence-electron chi connectivity index (χ2n) is 6.10. The van der Waals surface area contributed by atoms with Gasteiger partial charge in [0.15, 0.2) is 0 Å². The summed E-state index contributed by atoms with van der Waals surface area (Å²) in [5, 5.41) is 8.85. The van der Waals surface area contributed by atoms with Gasteiger partial charge in [-0.05, 0) is 31.4 Å². The van der Waals surface area contributed by atoms with E-state index in [0.29, 0.717) is 44.5 Å². The molecule has 0 spiro atoms. The molecule has 2 N–H and O–H groups in total. The molecule has 1 aliphatic heterocycles. The molecule has 0 aromatic heterocycles. The summed E-state index contributed by atoms with van der Waals surface area (Å²) in [4.78, 5) is 12.9. The van der Waals surface area contributed by atoms with Gasteiger partial charge in [-0.2, -0.15) is 0 Å². The van der Waals surface area contributed by atoms with Crippen LogP contribution in [-0.4, -0.2) is 49.3 Å². The van der Waals surface area contributed by atoms with Crippen LogP contribution in [0.2, 0.25) is 0 Å². The highest BCUT2D eigenvalue weighted by Gasteiger charge is 2.23. The van der Waals surface area contributed by atoms with E-state index in [2.05, 4.69) is 4.72 Å². The third kappa shape index (κ3) is 5.25. The van der Waals surface area contributed by atoms with Crippen LogP contribution in [0.15, 0.2) is 18.2 Å². The lowest BCUT2D eigenvalue weighted by molar-refractivity contribution is 0.0696. The van der Waals surface area contributed by atoms with Crippen LogP contribution in [0.5, 0.6) is 0 Å². The van der Waals surface area contributed by atoms with E-state index in [0.717, 1.165) is 6.07 Å². The topological polar surface area (TPSA) is 86.7 Å². The fourth-order valence-electron chi connectivity index (χ4n) is 2.84. The molecule has 0 aliphatic carbocycles. The molecule has 8 heteroatoms. The molecule has 1 heterocycles. The van der Waals surface area contributed by atoms with Crippen LogP contribution in [0.25, 0.3) is 0 Å². The van der Waals surface area contributed by atoms with E-state index in [1.54, 1.807) is 0 Å². The minimum absolute atomic E-state index is 0.0692. The Labute approximate surface area is 141 Å². The first-order valence-electron chi connectivity index (χ1n) is 8.05. The molecule has 1 saturated heterocycles. The standard InChI is InChI=1S/C16H23FN2O4S/c1-2-9-24(22,23)18-14-5-7-19(8-6-14)11-13-4-3-12(16(20)21)10-15(13)17/h3-4,10,14,18H,2,5-9,11H2,1H3,(H,20,21). The van der Waals surface area contributed by atoms with E-state index in [1.807, 2.05) is 11.8 Å². The first kappa shape index (κ1) is 18.8. The van der Waals surface area contributed by atoms with Gasteiger partial charge in [0.25, 0.3) is 0 Å². The highest BCUT2D eigenvalue weighted by atomic mass is 32.2. The molecule has 134 valence electrons. The summed E-state index contributed by atoms with van der Waals surface area (Å²) in [7, 11) is -3.21. The monoisotopic (exact) mass is 358 g/mol. The van der Waals surface area contributed by atoms with Crippen molar-refractivity contribution in [3.63, 3.8) is 0 Å². The number of hydrogen-bond acceptors (Lipinski definition) is 4. The van der Waals surface area contributed by atoms with Crippen molar-refractivity contribution in [1.29, 1.82) is 0 Å². The number of sulfonamides is 1. The molecular weight excluding hydrogens is 335 g/mol. The van der Waals surface area contributed by atoms with Gasteiger partial charge in [0, 0.05) is 31.2 Å². The average Bonchev–Trinajstić information content (AvgIpc) is 2.50. The Morgan fingerprint density at radius 2 is 2.04 bits per heavy atom. The predicted molar refractivity (Wildman–Crippen MR) is 88.9 cm³/mol. The second-order valence-corrected chi connectivity index (χ2v) is 7.97. The van der Waals surface area contributed by atoms with Crippen molar-refractivity contribution < 1.29 is 22.7 Å². The SMILES string of the molecule is CCCS(=O)(=O)NC1CCN(Cc2ccc(C(=O)O)cc2F)CC1. The number of carboxylic acids is 1. The van der Waals surface area contributed by atoms with Crippen LogP contribution in [-0.2, 0) is 16.6 Å². The van der Waals surface area contributed by atoms with Gasteiger partial charge < -0.3 is 5.11 Å². The van der Waals surface area contributed by atoms with Crippen molar-refractivity contribution in [2.24, 2.45) is 0 Å². The molecule has 24 heavy (non-hydrogen) atoms. The average molecular weight is 358 g/mol. The number of rotatable bonds is 7. The van der Waals surface area contributed by atoms with E-state index >= 15 is 0 Å². The summed E-state index contributed by atoms with van der Waals surface area (Å²) < 4.78 is 40.2. The van der Waals surface area contributed by atoms with E-state index < -0.39 is 21.8 Å². The van der Waals surface area contributed by atoms with Crippen molar-refractivity contribution in [3.8, 4) is 0 Å². The predicted octanol–water partition coefficient (Wildman–Crippen LogP) is 1.82. The minimum Gasteiger partial charge on any atom is -0.478 e. The number of aromatic carboxylic acids is 1. The normalized spacial score (nSPS) is 17.1.